The van der Waals surface area contributed by atoms with Crippen LogP contribution in [-0.4, -0.2) is 32.4 Å². The largest absolute Gasteiger partial charge is 0.493 e. The summed E-state index contributed by atoms with van der Waals surface area (Å²) in [5, 5.41) is 9.16. The molecule has 1 aromatic carbocycles. The smallest absolute Gasteiger partial charge is 0.304 e. The van der Waals surface area contributed by atoms with Crippen LogP contribution in [0.4, 0.5) is 0 Å². The third-order valence-electron chi connectivity index (χ3n) is 3.81. The van der Waals surface area contributed by atoms with E-state index in [9.17, 15) is 4.79 Å². The minimum absolute atomic E-state index is 0.104. The van der Waals surface area contributed by atoms with Crippen LogP contribution in [0.5, 0.6) is 11.5 Å². The van der Waals surface area contributed by atoms with E-state index in [1.807, 2.05) is 12.1 Å². The first kappa shape index (κ1) is 14.7. The van der Waals surface area contributed by atoms with Crippen molar-refractivity contribution in [2.75, 3.05) is 21.3 Å². The van der Waals surface area contributed by atoms with Crippen molar-refractivity contribution in [3.05, 3.63) is 23.3 Å². The van der Waals surface area contributed by atoms with Gasteiger partial charge in [-0.2, -0.15) is 0 Å². The second-order valence-corrected chi connectivity index (χ2v) is 5.12. The van der Waals surface area contributed by atoms with Crippen LogP contribution < -0.4 is 9.47 Å². The van der Waals surface area contributed by atoms with Crippen LogP contribution in [-0.2, 0) is 21.6 Å². The molecule has 20 heavy (non-hydrogen) atoms. The van der Waals surface area contributed by atoms with Crippen molar-refractivity contribution in [1.82, 2.24) is 0 Å². The quantitative estimate of drug-likeness (QED) is 0.830. The summed E-state index contributed by atoms with van der Waals surface area (Å²) in [7, 11) is 4.78. The Morgan fingerprint density at radius 2 is 1.95 bits per heavy atom. The van der Waals surface area contributed by atoms with Gasteiger partial charge in [0.2, 0.25) is 0 Å². The Morgan fingerprint density at radius 1 is 1.25 bits per heavy atom. The fourth-order valence-electron chi connectivity index (χ4n) is 2.78. The predicted molar refractivity (Wildman–Crippen MR) is 73.4 cm³/mol. The number of ether oxygens (including phenoxy) is 3. The van der Waals surface area contributed by atoms with E-state index in [2.05, 4.69) is 0 Å². The summed E-state index contributed by atoms with van der Waals surface area (Å²) < 4.78 is 16.0. The van der Waals surface area contributed by atoms with Gasteiger partial charge >= 0.3 is 5.97 Å². The maximum absolute atomic E-state index is 11.1. The SMILES string of the molecule is COCc1ccc(OC)c(OC)c1C1(CC(=O)O)CC1. The molecule has 1 N–H and O–H groups in total. The maximum atomic E-state index is 11.1. The van der Waals surface area contributed by atoms with Crippen LogP contribution in [0.15, 0.2) is 12.1 Å². The van der Waals surface area contributed by atoms with Gasteiger partial charge in [-0.05, 0) is 24.5 Å². The van der Waals surface area contributed by atoms with Gasteiger partial charge in [0, 0.05) is 18.1 Å². The molecule has 2 rings (SSSR count). The molecule has 5 heteroatoms. The average Bonchev–Trinajstić information content (AvgIpc) is 3.17. The summed E-state index contributed by atoms with van der Waals surface area (Å²) >= 11 is 0. The molecule has 1 aliphatic carbocycles. The Bertz CT molecular complexity index is 505. The lowest BCUT2D eigenvalue weighted by atomic mass is 9.87. The van der Waals surface area contributed by atoms with Crippen LogP contribution in [0.2, 0.25) is 0 Å². The first-order chi connectivity index (χ1) is 9.57. The summed E-state index contributed by atoms with van der Waals surface area (Å²) in [5.74, 6) is 0.454. The second-order valence-electron chi connectivity index (χ2n) is 5.12. The first-order valence-electron chi connectivity index (χ1n) is 6.53. The Kier molecular flexibility index (Phi) is 4.18. The second kappa shape index (κ2) is 5.71. The van der Waals surface area contributed by atoms with Gasteiger partial charge in [0.1, 0.15) is 0 Å². The highest BCUT2D eigenvalue weighted by atomic mass is 16.5. The molecule has 0 aliphatic heterocycles. The van der Waals surface area contributed by atoms with E-state index in [0.29, 0.717) is 18.1 Å². The number of benzene rings is 1. The highest BCUT2D eigenvalue weighted by Crippen LogP contribution is 2.56. The van der Waals surface area contributed by atoms with E-state index >= 15 is 0 Å². The van der Waals surface area contributed by atoms with Crippen molar-refractivity contribution in [2.45, 2.75) is 31.3 Å². The summed E-state index contributed by atoms with van der Waals surface area (Å²) in [6.45, 7) is 0.428. The van der Waals surface area contributed by atoms with Crippen molar-refractivity contribution in [3.63, 3.8) is 0 Å². The lowest BCUT2D eigenvalue weighted by molar-refractivity contribution is -0.137. The van der Waals surface area contributed by atoms with Gasteiger partial charge in [-0.25, -0.2) is 0 Å². The summed E-state index contributed by atoms with van der Waals surface area (Å²) in [5.41, 5.74) is 1.53. The number of aliphatic carboxylic acids is 1. The third kappa shape index (κ3) is 2.58. The molecule has 0 amide bonds. The topological polar surface area (TPSA) is 65.0 Å². The van der Waals surface area contributed by atoms with Crippen molar-refractivity contribution in [3.8, 4) is 11.5 Å². The van der Waals surface area contributed by atoms with Crippen molar-refractivity contribution >= 4 is 5.97 Å². The highest BCUT2D eigenvalue weighted by Gasteiger charge is 2.49. The number of carboxylic acids is 1. The van der Waals surface area contributed by atoms with Gasteiger partial charge in [0.25, 0.3) is 0 Å². The van der Waals surface area contributed by atoms with Gasteiger partial charge < -0.3 is 19.3 Å². The summed E-state index contributed by atoms with van der Waals surface area (Å²) in [6.07, 6.45) is 1.80. The zero-order chi connectivity index (χ0) is 14.8. The minimum atomic E-state index is -0.796. The van der Waals surface area contributed by atoms with Crippen molar-refractivity contribution in [1.29, 1.82) is 0 Å². The number of hydrogen-bond acceptors (Lipinski definition) is 4. The number of methoxy groups -OCH3 is 3. The fraction of sp³-hybridized carbons (Fsp3) is 0.533. The normalized spacial score (nSPS) is 15.8. The molecule has 0 spiro atoms. The molecule has 0 aromatic heterocycles. The van der Waals surface area contributed by atoms with Crippen LogP contribution in [0, 0.1) is 0 Å². The van der Waals surface area contributed by atoms with E-state index in [4.69, 9.17) is 19.3 Å². The monoisotopic (exact) mass is 280 g/mol. The molecular formula is C15H20O5. The summed E-state index contributed by atoms with van der Waals surface area (Å²) in [6, 6.07) is 3.75. The maximum Gasteiger partial charge on any atom is 0.304 e. The van der Waals surface area contributed by atoms with Gasteiger partial charge in [0.05, 0.1) is 27.2 Å². The van der Waals surface area contributed by atoms with Crippen molar-refractivity contribution in [2.24, 2.45) is 0 Å². The van der Waals surface area contributed by atoms with E-state index in [-0.39, 0.29) is 11.8 Å². The van der Waals surface area contributed by atoms with Gasteiger partial charge in [-0.15, -0.1) is 0 Å². The lowest BCUT2D eigenvalue weighted by Crippen LogP contribution is -2.17. The summed E-state index contributed by atoms with van der Waals surface area (Å²) in [4.78, 5) is 11.1. The molecule has 0 unspecified atom stereocenters. The zero-order valence-corrected chi connectivity index (χ0v) is 12.1. The molecule has 1 fully saturated rings. The van der Waals surface area contributed by atoms with Gasteiger partial charge in [-0.1, -0.05) is 6.07 Å². The molecule has 0 radical (unpaired) electrons. The van der Waals surface area contributed by atoms with E-state index in [1.165, 1.54) is 0 Å². The van der Waals surface area contributed by atoms with Crippen LogP contribution in [0.25, 0.3) is 0 Å². The van der Waals surface area contributed by atoms with Gasteiger partial charge in [-0.3, -0.25) is 4.79 Å². The molecule has 1 aliphatic rings. The lowest BCUT2D eigenvalue weighted by Gasteiger charge is -2.22. The molecule has 110 valence electrons. The minimum Gasteiger partial charge on any atom is -0.493 e. The Morgan fingerprint density at radius 3 is 2.40 bits per heavy atom. The fourth-order valence-corrected chi connectivity index (χ4v) is 2.78. The van der Waals surface area contributed by atoms with E-state index in [1.54, 1.807) is 21.3 Å². The standard InChI is InChI=1S/C15H20O5/c1-18-9-10-4-5-11(19-2)14(20-3)13(10)15(6-7-15)8-12(16)17/h4-5H,6-9H2,1-3H3,(H,16,17). The average molecular weight is 280 g/mol. The predicted octanol–water partition coefficient (Wildman–Crippen LogP) is 2.36. The molecule has 1 saturated carbocycles. The number of hydrogen-bond donors (Lipinski definition) is 1. The molecule has 0 bridgehead atoms. The van der Waals surface area contributed by atoms with E-state index in [0.717, 1.165) is 24.0 Å². The van der Waals surface area contributed by atoms with E-state index < -0.39 is 5.97 Å². The van der Waals surface area contributed by atoms with Gasteiger partial charge in [0.15, 0.2) is 11.5 Å². The number of carboxylic acid groups (broad SMARTS) is 1. The van der Waals surface area contributed by atoms with Crippen LogP contribution in [0.3, 0.4) is 0 Å². The molecule has 0 saturated heterocycles. The third-order valence-corrected chi connectivity index (χ3v) is 3.81. The molecule has 0 atom stereocenters. The molecule has 5 nitrogen and oxygen atoms in total. The Hall–Kier alpha value is -1.75. The highest BCUT2D eigenvalue weighted by molar-refractivity contribution is 5.71. The first-order valence-corrected chi connectivity index (χ1v) is 6.53. The molecule has 0 heterocycles. The van der Waals surface area contributed by atoms with Crippen molar-refractivity contribution < 1.29 is 24.1 Å². The molecule has 1 aromatic rings. The number of rotatable bonds is 7. The molecular weight excluding hydrogens is 260 g/mol. The zero-order valence-electron chi connectivity index (χ0n) is 12.1. The number of carbonyl (C=O) groups is 1. The van der Waals surface area contributed by atoms with Crippen LogP contribution >= 0.6 is 0 Å². The Balaban J connectivity index is 2.55. The van der Waals surface area contributed by atoms with Crippen LogP contribution in [0.1, 0.15) is 30.4 Å². The Labute approximate surface area is 118 Å².